The van der Waals surface area contributed by atoms with Gasteiger partial charge in [-0.25, -0.2) is 4.79 Å². The topological polar surface area (TPSA) is 102 Å². The van der Waals surface area contributed by atoms with Crippen molar-refractivity contribution < 1.29 is 19.1 Å². The lowest BCUT2D eigenvalue weighted by Gasteiger charge is -2.09. The summed E-state index contributed by atoms with van der Waals surface area (Å²) < 4.78 is 10.0. The number of Topliss-reactive ketones (excluding diaryl/α,β-unsaturated/α-hetero) is 1. The molecule has 22 heavy (non-hydrogen) atoms. The van der Waals surface area contributed by atoms with E-state index >= 15 is 0 Å². The molecule has 0 aliphatic carbocycles. The largest absolute Gasteiger partial charge is 0.482 e. The van der Waals surface area contributed by atoms with Crippen molar-refractivity contribution in [2.45, 2.75) is 13.8 Å². The Hall–Kier alpha value is -2.52. The Balaban J connectivity index is 2.49. The average molecular weight is 323 g/mol. The lowest BCUT2D eigenvalue weighted by molar-refractivity contribution is -0.149. The maximum absolute atomic E-state index is 11.6. The van der Waals surface area contributed by atoms with Crippen molar-refractivity contribution in [2.75, 3.05) is 13.2 Å². The van der Waals surface area contributed by atoms with E-state index in [4.69, 9.17) is 32.1 Å². The number of halogens is 1. The van der Waals surface area contributed by atoms with Crippen LogP contribution in [-0.4, -0.2) is 25.0 Å². The van der Waals surface area contributed by atoms with Crippen LogP contribution in [0.15, 0.2) is 29.5 Å². The third-order valence-electron chi connectivity index (χ3n) is 2.63. The first kappa shape index (κ1) is 17.5. The van der Waals surface area contributed by atoms with Gasteiger partial charge in [-0.05, 0) is 37.6 Å². The molecule has 0 atom stereocenters. The molecule has 1 aromatic rings. The van der Waals surface area contributed by atoms with E-state index in [1.54, 1.807) is 31.2 Å². The van der Waals surface area contributed by atoms with Gasteiger partial charge in [-0.15, -0.1) is 0 Å². The molecular weight excluding hydrogens is 308 g/mol. The maximum atomic E-state index is 11.6. The summed E-state index contributed by atoms with van der Waals surface area (Å²) in [6.45, 7) is 2.29. The molecule has 7 heteroatoms. The van der Waals surface area contributed by atoms with Crippen molar-refractivity contribution in [3.63, 3.8) is 0 Å². The molecule has 116 valence electrons. The van der Waals surface area contributed by atoms with E-state index < -0.39 is 18.4 Å². The van der Waals surface area contributed by atoms with Crippen LogP contribution in [0.4, 0.5) is 0 Å². The predicted molar refractivity (Wildman–Crippen MR) is 80.2 cm³/mol. The molecule has 1 rings (SSSR count). The second kappa shape index (κ2) is 8.05. The van der Waals surface area contributed by atoms with Gasteiger partial charge < -0.3 is 15.2 Å². The number of carbonyl (C=O) groups excluding carboxylic acids is 2. The monoisotopic (exact) mass is 322 g/mol. The van der Waals surface area contributed by atoms with Gasteiger partial charge in [-0.3, -0.25) is 4.79 Å². The van der Waals surface area contributed by atoms with Crippen LogP contribution >= 0.6 is 11.6 Å². The van der Waals surface area contributed by atoms with Gasteiger partial charge in [0.1, 0.15) is 17.4 Å². The predicted octanol–water partition coefficient (Wildman–Crippen LogP) is 1.90. The number of ether oxygens (including phenoxy) is 2. The second-order valence-electron chi connectivity index (χ2n) is 4.45. The smallest absolute Gasteiger partial charge is 0.344 e. The molecule has 0 aliphatic heterocycles. The lowest BCUT2D eigenvalue weighted by atomic mass is 10.1. The summed E-state index contributed by atoms with van der Waals surface area (Å²) in [5.74, 6) is -0.892. The highest BCUT2D eigenvalue weighted by Crippen LogP contribution is 2.21. The van der Waals surface area contributed by atoms with Crippen molar-refractivity contribution in [3.8, 4) is 11.8 Å². The lowest BCUT2D eigenvalue weighted by Crippen LogP contribution is -2.21. The number of benzene rings is 1. The Bertz CT molecular complexity index is 658. The normalized spacial score (nSPS) is 11.2. The van der Waals surface area contributed by atoms with Crippen molar-refractivity contribution in [1.29, 1.82) is 5.26 Å². The molecule has 0 unspecified atom stereocenters. The molecular formula is C15H15ClN2O4. The molecule has 1 aromatic carbocycles. The number of rotatable bonds is 6. The summed E-state index contributed by atoms with van der Waals surface area (Å²) in [5, 5.41) is 9.31. The molecule has 0 radical (unpaired) electrons. The van der Waals surface area contributed by atoms with Crippen LogP contribution < -0.4 is 10.5 Å². The summed E-state index contributed by atoms with van der Waals surface area (Å²) in [4.78, 5) is 23.1. The van der Waals surface area contributed by atoms with E-state index in [9.17, 15) is 9.59 Å². The number of carbonyl (C=O) groups is 2. The SMILES string of the molecule is CC(N)=C(C#N)C(=O)COC(=O)COc1ccc(Cl)cc1C. The highest BCUT2D eigenvalue weighted by Gasteiger charge is 2.14. The van der Waals surface area contributed by atoms with Gasteiger partial charge in [0.05, 0.1) is 0 Å². The summed E-state index contributed by atoms with van der Waals surface area (Å²) in [6, 6.07) is 6.62. The zero-order valence-electron chi connectivity index (χ0n) is 12.2. The van der Waals surface area contributed by atoms with Gasteiger partial charge in [0.25, 0.3) is 0 Å². The minimum absolute atomic E-state index is 0.0802. The van der Waals surface area contributed by atoms with Gasteiger partial charge in [0, 0.05) is 10.7 Å². The third kappa shape index (κ3) is 5.11. The molecule has 0 fully saturated rings. The first-order valence-corrected chi connectivity index (χ1v) is 6.67. The number of hydrogen-bond acceptors (Lipinski definition) is 6. The zero-order valence-corrected chi connectivity index (χ0v) is 12.9. The number of nitrogens with two attached hydrogens (primary N) is 1. The van der Waals surface area contributed by atoms with Crippen LogP contribution in [0.5, 0.6) is 5.75 Å². The van der Waals surface area contributed by atoms with Crippen molar-refractivity contribution in [2.24, 2.45) is 5.73 Å². The molecule has 0 amide bonds. The summed E-state index contributed by atoms with van der Waals surface area (Å²) >= 11 is 5.81. The number of allylic oxidation sites excluding steroid dienone is 1. The number of esters is 1. The highest BCUT2D eigenvalue weighted by molar-refractivity contribution is 6.30. The molecule has 0 saturated carbocycles. The highest BCUT2D eigenvalue weighted by atomic mass is 35.5. The van der Waals surface area contributed by atoms with E-state index in [2.05, 4.69) is 0 Å². The standard InChI is InChI=1S/C15H15ClN2O4/c1-9-5-11(16)3-4-14(9)21-8-15(20)22-7-13(19)12(6-17)10(2)18/h3-5H,7-8,18H2,1-2H3. The Morgan fingerprint density at radius 3 is 2.59 bits per heavy atom. The van der Waals surface area contributed by atoms with Gasteiger partial charge in [0.15, 0.2) is 13.2 Å². The van der Waals surface area contributed by atoms with Crippen LogP contribution in [0.25, 0.3) is 0 Å². The quantitative estimate of drug-likeness (QED) is 0.487. The van der Waals surface area contributed by atoms with Crippen molar-refractivity contribution in [1.82, 2.24) is 0 Å². The van der Waals surface area contributed by atoms with Gasteiger partial charge in [-0.1, -0.05) is 11.6 Å². The van der Waals surface area contributed by atoms with Crippen LogP contribution in [0, 0.1) is 18.3 Å². The van der Waals surface area contributed by atoms with Crippen LogP contribution in [0.2, 0.25) is 5.02 Å². The van der Waals surface area contributed by atoms with Gasteiger partial charge in [-0.2, -0.15) is 5.26 Å². The summed E-state index contributed by atoms with van der Waals surface area (Å²) in [6.07, 6.45) is 0. The van der Waals surface area contributed by atoms with Gasteiger partial charge >= 0.3 is 5.97 Å². The molecule has 0 saturated heterocycles. The summed E-state index contributed by atoms with van der Waals surface area (Å²) in [7, 11) is 0. The minimum atomic E-state index is -0.727. The third-order valence-corrected chi connectivity index (χ3v) is 2.87. The first-order valence-electron chi connectivity index (χ1n) is 6.29. The van der Waals surface area contributed by atoms with Crippen LogP contribution in [0.1, 0.15) is 12.5 Å². The maximum Gasteiger partial charge on any atom is 0.344 e. The molecule has 2 N–H and O–H groups in total. The minimum Gasteiger partial charge on any atom is -0.482 e. The average Bonchev–Trinajstić information content (AvgIpc) is 2.44. The second-order valence-corrected chi connectivity index (χ2v) is 4.89. The molecule has 0 heterocycles. The van der Waals surface area contributed by atoms with E-state index in [1.165, 1.54) is 6.92 Å². The fourth-order valence-electron chi connectivity index (χ4n) is 1.54. The number of hydrogen-bond donors (Lipinski definition) is 1. The zero-order chi connectivity index (χ0) is 16.7. The number of ketones is 1. The van der Waals surface area contributed by atoms with E-state index in [-0.39, 0.29) is 17.9 Å². The van der Waals surface area contributed by atoms with E-state index in [0.29, 0.717) is 10.8 Å². The van der Waals surface area contributed by atoms with Crippen LogP contribution in [-0.2, 0) is 14.3 Å². The molecule has 6 nitrogen and oxygen atoms in total. The summed E-state index contributed by atoms with van der Waals surface area (Å²) in [5.41, 5.74) is 6.01. The number of nitrogens with zero attached hydrogens (tertiary/aromatic N) is 1. The van der Waals surface area contributed by atoms with Crippen molar-refractivity contribution in [3.05, 3.63) is 40.1 Å². The molecule has 0 aromatic heterocycles. The fourth-order valence-corrected chi connectivity index (χ4v) is 1.77. The van der Waals surface area contributed by atoms with Gasteiger partial charge in [0.2, 0.25) is 5.78 Å². The molecule has 0 spiro atoms. The Morgan fingerprint density at radius 2 is 2.05 bits per heavy atom. The first-order chi connectivity index (χ1) is 10.3. The molecule has 0 aliphatic rings. The Labute approximate surface area is 133 Å². The Morgan fingerprint density at radius 1 is 1.36 bits per heavy atom. The molecule has 0 bridgehead atoms. The number of aryl methyl sites for hydroxylation is 1. The van der Waals surface area contributed by atoms with E-state index in [0.717, 1.165) is 5.56 Å². The van der Waals surface area contributed by atoms with E-state index in [1.807, 2.05) is 0 Å². The fraction of sp³-hybridized carbons (Fsp3) is 0.267. The van der Waals surface area contributed by atoms with Crippen molar-refractivity contribution >= 4 is 23.4 Å². The number of nitriles is 1. The Kier molecular flexibility index (Phi) is 6.42. The van der Waals surface area contributed by atoms with Crippen LogP contribution in [0.3, 0.4) is 0 Å².